The minimum absolute atomic E-state index is 0.0187. The van der Waals surface area contributed by atoms with Gasteiger partial charge in [0, 0.05) is 35.9 Å². The highest BCUT2D eigenvalue weighted by Crippen LogP contribution is 2.55. The van der Waals surface area contributed by atoms with E-state index in [1.54, 1.807) is 0 Å². The highest BCUT2D eigenvalue weighted by atomic mass is 16.2. The van der Waals surface area contributed by atoms with Gasteiger partial charge in [-0.3, -0.25) is 14.4 Å². The van der Waals surface area contributed by atoms with Crippen LogP contribution in [0.25, 0.3) is 0 Å². The van der Waals surface area contributed by atoms with E-state index < -0.39 is 16.2 Å². The molecule has 0 aromatic carbocycles. The first-order valence-corrected chi connectivity index (χ1v) is 51.4. The first-order valence-electron chi connectivity index (χ1n) is 51.4. The fourth-order valence-electron chi connectivity index (χ4n) is 18.9. The van der Waals surface area contributed by atoms with E-state index in [1.165, 1.54) is 483 Å². The summed E-state index contributed by atoms with van der Waals surface area (Å²) in [6.45, 7) is 33.1. The van der Waals surface area contributed by atoms with Gasteiger partial charge in [0.15, 0.2) is 0 Å². The normalized spacial score (nSPS) is 16.6. The molecule has 0 radical (unpaired) electrons. The molecule has 0 saturated heterocycles. The number of hydrogen-bond acceptors (Lipinski definition) is 6. The maximum absolute atomic E-state index is 14.8. The largest absolute Gasteiger partial charge is 0.356 e. The number of nitrogens with zero attached hydrogens (tertiary/aromatic N) is 3. The first kappa shape index (κ1) is 107. The van der Waals surface area contributed by atoms with Crippen molar-refractivity contribution >= 4 is 17.7 Å². The van der Waals surface area contributed by atoms with Crippen LogP contribution in [0.3, 0.4) is 0 Å². The van der Waals surface area contributed by atoms with Gasteiger partial charge in [-0.1, -0.05) is 448 Å². The van der Waals surface area contributed by atoms with Crippen molar-refractivity contribution < 1.29 is 14.4 Å². The van der Waals surface area contributed by atoms with Gasteiger partial charge >= 0.3 is 0 Å². The fourth-order valence-corrected chi connectivity index (χ4v) is 18.9. The Morgan fingerprint density at radius 1 is 0.180 bits per heavy atom. The van der Waals surface area contributed by atoms with E-state index in [0.29, 0.717) is 38.9 Å². The Labute approximate surface area is 697 Å². The number of nitrogens with one attached hydrogen (secondary N) is 3. The van der Waals surface area contributed by atoms with Crippen molar-refractivity contribution in [3.8, 4) is 0 Å². The molecule has 0 spiro atoms. The quantitative estimate of drug-likeness (QED) is 0.0525. The zero-order chi connectivity index (χ0) is 80.6. The molecular formula is C102H204N6O3. The van der Waals surface area contributed by atoms with E-state index in [4.69, 9.17) is 0 Å². The SMILES string of the molecule is CCCCCCCCCCCCN(CCCCCCCCCCCC)CCCCCCNC(=O)C1(C)CC(C)(C(=O)NCCCCCCN(CCCCCCCCCCCC)CCCCCCCCCCCC)CC(C)(C(=O)NCCCCCCN(CCCCCCCCCCCC)CCCCCCCCCCCC)C1. The molecule has 9 heteroatoms. The van der Waals surface area contributed by atoms with E-state index in [0.717, 1.165) is 38.5 Å². The Bertz CT molecular complexity index is 1650. The highest BCUT2D eigenvalue weighted by molar-refractivity contribution is 5.90. The molecule has 0 atom stereocenters. The summed E-state index contributed by atoms with van der Waals surface area (Å²) in [4.78, 5) is 52.8. The van der Waals surface area contributed by atoms with E-state index >= 15 is 0 Å². The maximum Gasteiger partial charge on any atom is 0.226 e. The molecule has 9 nitrogen and oxygen atoms in total. The number of unbranched alkanes of at least 4 members (excludes halogenated alkanes) is 63. The van der Waals surface area contributed by atoms with Gasteiger partial charge in [-0.25, -0.2) is 0 Å². The van der Waals surface area contributed by atoms with Crippen molar-refractivity contribution in [2.24, 2.45) is 16.2 Å². The van der Waals surface area contributed by atoms with Crippen LogP contribution >= 0.6 is 0 Å². The topological polar surface area (TPSA) is 97.0 Å². The molecule has 1 rings (SSSR count). The van der Waals surface area contributed by atoms with Gasteiger partial charge in [-0.15, -0.1) is 0 Å². The number of carbonyl (C=O) groups excluding carboxylic acids is 3. The summed E-state index contributed by atoms with van der Waals surface area (Å²) in [5, 5.41) is 10.3. The monoisotopic (exact) mass is 1560 g/mol. The smallest absolute Gasteiger partial charge is 0.226 e. The molecule has 1 fully saturated rings. The summed E-state index contributed by atoms with van der Waals surface area (Å²) in [6, 6.07) is 0. The van der Waals surface area contributed by atoms with Crippen LogP contribution in [-0.4, -0.2) is 111 Å². The van der Waals surface area contributed by atoms with Crippen LogP contribution in [0, 0.1) is 16.2 Å². The van der Waals surface area contributed by atoms with Gasteiger partial charge in [0.25, 0.3) is 0 Å². The van der Waals surface area contributed by atoms with Crippen LogP contribution in [0.5, 0.6) is 0 Å². The molecule has 0 bridgehead atoms. The minimum atomic E-state index is -0.846. The Morgan fingerprint density at radius 3 is 0.414 bits per heavy atom. The lowest BCUT2D eigenvalue weighted by Crippen LogP contribution is -2.58. The van der Waals surface area contributed by atoms with Gasteiger partial charge in [0.05, 0.1) is 0 Å². The highest BCUT2D eigenvalue weighted by Gasteiger charge is 2.57. The number of amides is 3. The standard InChI is InChI=1S/C102H204N6O3/c1-10-16-22-28-34-40-46-52-61-73-85-106(86-74-62-53-47-41-35-29-23-17-11-2)91-79-67-58-70-82-103-97(109)100(7)94-101(8,98(110)104-83-71-59-68-80-92-107(87-75-63-54-48-42-36-30-24-18-12-3)88-76-64-55-49-43-37-31-25-19-13-4)96-102(9,95-100)99(111)105-84-72-60-69-81-93-108(89-77-65-56-50-44-38-32-26-20-14-5)90-78-66-57-51-45-39-33-27-21-15-6/h10-96H2,1-9H3,(H,103,109)(H,104,110)(H,105,111). The number of hydrogen-bond donors (Lipinski definition) is 3. The average molecular weight is 1560 g/mol. The summed E-state index contributed by atoms with van der Waals surface area (Å²) in [5.74, 6) is 0.0560. The van der Waals surface area contributed by atoms with Crippen LogP contribution in [0.15, 0.2) is 0 Å². The Hall–Kier alpha value is -1.71. The van der Waals surface area contributed by atoms with Gasteiger partial charge in [0.1, 0.15) is 0 Å². The molecule has 1 aliphatic rings. The average Bonchev–Trinajstić information content (AvgIpc) is 0.743. The molecule has 0 aliphatic heterocycles. The lowest BCUT2D eigenvalue weighted by molar-refractivity contribution is -0.154. The van der Waals surface area contributed by atoms with E-state index in [2.05, 4.69) is 93.0 Å². The minimum Gasteiger partial charge on any atom is -0.356 e. The van der Waals surface area contributed by atoms with E-state index in [-0.39, 0.29) is 17.7 Å². The molecule has 111 heavy (non-hydrogen) atoms. The molecule has 0 heterocycles. The maximum atomic E-state index is 14.8. The van der Waals surface area contributed by atoms with E-state index in [9.17, 15) is 14.4 Å². The Kier molecular flexibility index (Phi) is 78.0. The van der Waals surface area contributed by atoms with Crippen molar-refractivity contribution in [3.05, 3.63) is 0 Å². The van der Waals surface area contributed by atoms with Crippen LogP contribution in [-0.2, 0) is 14.4 Å². The van der Waals surface area contributed by atoms with Gasteiger partial charge < -0.3 is 30.7 Å². The van der Waals surface area contributed by atoms with Crippen molar-refractivity contribution in [2.75, 3.05) is 78.5 Å². The van der Waals surface area contributed by atoms with E-state index in [1.807, 2.05) is 0 Å². The predicted octanol–water partition coefficient (Wildman–Crippen LogP) is 30.7. The van der Waals surface area contributed by atoms with Gasteiger partial charge in [-0.2, -0.15) is 0 Å². The van der Waals surface area contributed by atoms with Gasteiger partial charge in [-0.05, 0) is 155 Å². The van der Waals surface area contributed by atoms with Crippen LogP contribution < -0.4 is 16.0 Å². The zero-order valence-electron chi connectivity index (χ0n) is 77.6. The molecule has 3 N–H and O–H groups in total. The second-order valence-corrected chi connectivity index (χ2v) is 37.8. The molecule has 0 aromatic heterocycles. The first-order chi connectivity index (χ1) is 54.4. The fraction of sp³-hybridized carbons (Fsp3) is 0.971. The number of rotatable bonds is 90. The van der Waals surface area contributed by atoms with Crippen molar-refractivity contribution in [2.45, 2.75) is 544 Å². The lowest BCUT2D eigenvalue weighted by Gasteiger charge is -2.50. The summed E-state index contributed by atoms with van der Waals surface area (Å²) in [6.07, 6.45) is 98.1. The molecule has 1 aliphatic carbocycles. The molecule has 3 amide bonds. The lowest BCUT2D eigenvalue weighted by atomic mass is 9.53. The van der Waals surface area contributed by atoms with Crippen LogP contribution in [0.2, 0.25) is 0 Å². The molecule has 0 unspecified atom stereocenters. The Balaban J connectivity index is 3.05. The molecule has 660 valence electrons. The molecule has 1 saturated carbocycles. The number of carbonyl (C=O) groups is 3. The van der Waals surface area contributed by atoms with Crippen molar-refractivity contribution in [1.82, 2.24) is 30.7 Å². The predicted molar refractivity (Wildman–Crippen MR) is 493 cm³/mol. The van der Waals surface area contributed by atoms with Crippen molar-refractivity contribution in [1.29, 1.82) is 0 Å². The van der Waals surface area contributed by atoms with Gasteiger partial charge in [0.2, 0.25) is 17.7 Å². The zero-order valence-corrected chi connectivity index (χ0v) is 77.6. The summed E-state index contributed by atoms with van der Waals surface area (Å²) >= 11 is 0. The second-order valence-electron chi connectivity index (χ2n) is 37.8. The summed E-state index contributed by atoms with van der Waals surface area (Å²) < 4.78 is 0. The van der Waals surface area contributed by atoms with Crippen LogP contribution in [0.4, 0.5) is 0 Å². The molecular weight excluding hydrogens is 1360 g/mol. The van der Waals surface area contributed by atoms with Crippen LogP contribution in [0.1, 0.15) is 544 Å². The third-order valence-corrected chi connectivity index (χ3v) is 26.0. The third kappa shape index (κ3) is 65.9. The third-order valence-electron chi connectivity index (χ3n) is 26.0. The van der Waals surface area contributed by atoms with Crippen molar-refractivity contribution in [3.63, 3.8) is 0 Å². The Morgan fingerprint density at radius 2 is 0.288 bits per heavy atom. The summed E-state index contributed by atoms with van der Waals surface area (Å²) in [5.41, 5.74) is -2.54. The molecule has 0 aromatic rings. The second kappa shape index (κ2) is 80.7. The summed E-state index contributed by atoms with van der Waals surface area (Å²) in [7, 11) is 0.